The van der Waals surface area contributed by atoms with Gasteiger partial charge in [0.1, 0.15) is 5.76 Å². The normalized spacial score (nSPS) is 13.5. The minimum Gasteiger partial charge on any atom is -0.453 e. The van der Waals surface area contributed by atoms with Gasteiger partial charge < -0.3 is 14.6 Å². The molecule has 1 aromatic heterocycles. The summed E-state index contributed by atoms with van der Waals surface area (Å²) in [5.74, 6) is 0.961. The lowest BCUT2D eigenvalue weighted by Crippen LogP contribution is -2.35. The third-order valence-corrected chi connectivity index (χ3v) is 2.68. The Balaban J connectivity index is 2.22. The van der Waals surface area contributed by atoms with Gasteiger partial charge in [0.25, 0.3) is 0 Å². The zero-order valence-corrected chi connectivity index (χ0v) is 10.5. The molecule has 0 aliphatic heterocycles. The van der Waals surface area contributed by atoms with Crippen LogP contribution in [0.25, 0.3) is 0 Å². The largest absolute Gasteiger partial charge is 0.453 e. The van der Waals surface area contributed by atoms with Gasteiger partial charge in [0.05, 0.1) is 6.54 Å². The second-order valence-corrected chi connectivity index (χ2v) is 4.43. The van der Waals surface area contributed by atoms with E-state index in [4.69, 9.17) is 4.42 Å². The SMILES string of the molecule is CC(CNCc1ccc(Br)o1)N(C)C. The number of nitrogens with zero attached hydrogens (tertiary/aromatic N) is 1. The van der Waals surface area contributed by atoms with E-state index in [-0.39, 0.29) is 0 Å². The third-order valence-electron chi connectivity index (χ3n) is 2.25. The highest BCUT2D eigenvalue weighted by Gasteiger charge is 2.04. The van der Waals surface area contributed by atoms with Crippen LogP contribution in [0.15, 0.2) is 21.2 Å². The fourth-order valence-corrected chi connectivity index (χ4v) is 1.37. The van der Waals surface area contributed by atoms with Gasteiger partial charge in [0.15, 0.2) is 4.67 Å². The Morgan fingerprint density at radius 2 is 2.21 bits per heavy atom. The van der Waals surface area contributed by atoms with E-state index in [2.05, 4.69) is 47.2 Å². The molecule has 0 aliphatic carbocycles. The molecule has 4 heteroatoms. The van der Waals surface area contributed by atoms with Crippen LogP contribution < -0.4 is 5.32 Å². The van der Waals surface area contributed by atoms with E-state index in [1.807, 2.05) is 12.1 Å². The van der Waals surface area contributed by atoms with Crippen molar-refractivity contribution in [3.63, 3.8) is 0 Å². The summed E-state index contributed by atoms with van der Waals surface area (Å²) in [6.45, 7) is 3.93. The highest BCUT2D eigenvalue weighted by molar-refractivity contribution is 9.10. The smallest absolute Gasteiger partial charge is 0.169 e. The third kappa shape index (κ3) is 3.82. The summed E-state index contributed by atoms with van der Waals surface area (Å²) in [6.07, 6.45) is 0. The molecule has 0 saturated carbocycles. The van der Waals surface area contributed by atoms with Gasteiger partial charge in [-0.25, -0.2) is 0 Å². The van der Waals surface area contributed by atoms with Gasteiger partial charge in [-0.1, -0.05) is 0 Å². The second kappa shape index (κ2) is 5.53. The van der Waals surface area contributed by atoms with E-state index in [9.17, 15) is 0 Å². The maximum atomic E-state index is 5.37. The van der Waals surface area contributed by atoms with Crippen LogP contribution in [0.4, 0.5) is 0 Å². The molecule has 1 aromatic rings. The summed E-state index contributed by atoms with van der Waals surface area (Å²) < 4.78 is 6.15. The Bertz CT molecular complexity index is 273. The summed E-state index contributed by atoms with van der Waals surface area (Å²) >= 11 is 3.27. The number of hydrogen-bond donors (Lipinski definition) is 1. The van der Waals surface area contributed by atoms with Crippen LogP contribution in [0.5, 0.6) is 0 Å². The highest BCUT2D eigenvalue weighted by atomic mass is 79.9. The van der Waals surface area contributed by atoms with Crippen LogP contribution in [-0.4, -0.2) is 31.6 Å². The predicted octanol–water partition coefficient (Wildman–Crippen LogP) is 2.08. The zero-order valence-electron chi connectivity index (χ0n) is 8.88. The average Bonchev–Trinajstić information content (AvgIpc) is 2.51. The Morgan fingerprint density at radius 1 is 1.50 bits per heavy atom. The number of likely N-dealkylation sites (N-methyl/N-ethyl adjacent to an activating group) is 1. The van der Waals surface area contributed by atoms with Crippen LogP contribution in [-0.2, 0) is 6.54 Å². The first-order valence-corrected chi connectivity index (χ1v) is 5.50. The van der Waals surface area contributed by atoms with Gasteiger partial charge in [-0.15, -0.1) is 0 Å². The molecule has 0 amide bonds. The molecule has 0 aromatic carbocycles. The molecule has 1 atom stereocenters. The maximum absolute atomic E-state index is 5.37. The summed E-state index contributed by atoms with van der Waals surface area (Å²) in [5.41, 5.74) is 0. The molecule has 1 rings (SSSR count). The van der Waals surface area contributed by atoms with Crippen LogP contribution in [0.2, 0.25) is 0 Å². The molecule has 1 heterocycles. The van der Waals surface area contributed by atoms with Crippen molar-refractivity contribution >= 4 is 15.9 Å². The molecule has 1 unspecified atom stereocenters. The van der Waals surface area contributed by atoms with Crippen LogP contribution in [0, 0.1) is 0 Å². The van der Waals surface area contributed by atoms with E-state index < -0.39 is 0 Å². The van der Waals surface area contributed by atoms with Crippen molar-refractivity contribution in [1.29, 1.82) is 0 Å². The summed E-state index contributed by atoms with van der Waals surface area (Å²) in [7, 11) is 4.16. The Kier molecular flexibility index (Phi) is 4.65. The summed E-state index contributed by atoms with van der Waals surface area (Å²) in [6, 6.07) is 4.41. The molecule has 0 bridgehead atoms. The van der Waals surface area contributed by atoms with Crippen molar-refractivity contribution in [2.24, 2.45) is 0 Å². The molecule has 0 saturated heterocycles. The predicted molar refractivity (Wildman–Crippen MR) is 61.3 cm³/mol. The lowest BCUT2D eigenvalue weighted by Gasteiger charge is -2.19. The Hall–Kier alpha value is -0.320. The van der Waals surface area contributed by atoms with Gasteiger partial charge in [-0.05, 0) is 49.1 Å². The minimum atomic E-state index is 0.536. The van der Waals surface area contributed by atoms with Crippen molar-refractivity contribution in [2.75, 3.05) is 20.6 Å². The van der Waals surface area contributed by atoms with E-state index in [0.717, 1.165) is 23.5 Å². The first-order valence-electron chi connectivity index (χ1n) is 4.71. The molecule has 0 fully saturated rings. The zero-order chi connectivity index (χ0) is 10.6. The lowest BCUT2D eigenvalue weighted by atomic mass is 10.3. The standard InChI is InChI=1S/C10H17BrN2O/c1-8(13(2)3)6-12-7-9-4-5-10(11)14-9/h4-5,8,12H,6-7H2,1-3H3. The van der Waals surface area contributed by atoms with Crippen molar-refractivity contribution in [3.05, 3.63) is 22.6 Å². The van der Waals surface area contributed by atoms with Gasteiger partial charge in [0.2, 0.25) is 0 Å². The van der Waals surface area contributed by atoms with E-state index in [0.29, 0.717) is 6.04 Å². The molecule has 3 nitrogen and oxygen atoms in total. The summed E-state index contributed by atoms with van der Waals surface area (Å²) in [4.78, 5) is 2.19. The molecule has 0 radical (unpaired) electrons. The van der Waals surface area contributed by atoms with Crippen LogP contribution >= 0.6 is 15.9 Å². The van der Waals surface area contributed by atoms with Gasteiger partial charge in [-0.2, -0.15) is 0 Å². The average molecular weight is 261 g/mol. The number of halogens is 1. The van der Waals surface area contributed by atoms with Crippen molar-refractivity contribution in [1.82, 2.24) is 10.2 Å². The molecule has 1 N–H and O–H groups in total. The quantitative estimate of drug-likeness (QED) is 0.879. The molecule has 14 heavy (non-hydrogen) atoms. The lowest BCUT2D eigenvalue weighted by molar-refractivity contribution is 0.299. The van der Waals surface area contributed by atoms with Gasteiger partial charge in [-0.3, -0.25) is 0 Å². The van der Waals surface area contributed by atoms with Gasteiger partial charge in [0, 0.05) is 12.6 Å². The minimum absolute atomic E-state index is 0.536. The Morgan fingerprint density at radius 3 is 2.71 bits per heavy atom. The van der Waals surface area contributed by atoms with Crippen LogP contribution in [0.3, 0.4) is 0 Å². The van der Waals surface area contributed by atoms with E-state index in [1.165, 1.54) is 0 Å². The molecule has 0 spiro atoms. The number of hydrogen-bond acceptors (Lipinski definition) is 3. The number of nitrogens with one attached hydrogen (secondary N) is 1. The molecular formula is C10H17BrN2O. The molecule has 80 valence electrons. The Labute approximate surface area is 93.6 Å². The van der Waals surface area contributed by atoms with Crippen molar-refractivity contribution < 1.29 is 4.42 Å². The topological polar surface area (TPSA) is 28.4 Å². The number of furan rings is 1. The fourth-order valence-electron chi connectivity index (χ4n) is 1.03. The first kappa shape index (κ1) is 11.8. The fraction of sp³-hybridized carbons (Fsp3) is 0.600. The molecule has 0 aliphatic rings. The van der Waals surface area contributed by atoms with Crippen molar-refractivity contribution in [3.8, 4) is 0 Å². The van der Waals surface area contributed by atoms with Crippen LogP contribution in [0.1, 0.15) is 12.7 Å². The first-order chi connectivity index (χ1) is 6.59. The maximum Gasteiger partial charge on any atom is 0.169 e. The van der Waals surface area contributed by atoms with E-state index in [1.54, 1.807) is 0 Å². The summed E-state index contributed by atoms with van der Waals surface area (Å²) in [5, 5.41) is 3.34. The van der Waals surface area contributed by atoms with E-state index >= 15 is 0 Å². The van der Waals surface area contributed by atoms with Crippen molar-refractivity contribution in [2.45, 2.75) is 19.5 Å². The monoisotopic (exact) mass is 260 g/mol. The molecular weight excluding hydrogens is 244 g/mol. The van der Waals surface area contributed by atoms with Gasteiger partial charge >= 0.3 is 0 Å². The highest BCUT2D eigenvalue weighted by Crippen LogP contribution is 2.13. The number of rotatable bonds is 5. The second-order valence-electron chi connectivity index (χ2n) is 3.65.